The fourth-order valence-electron chi connectivity index (χ4n) is 5.31. The molecule has 0 bridgehead atoms. The maximum atomic E-state index is 6.08. The van der Waals surface area contributed by atoms with Gasteiger partial charge in [-0.3, -0.25) is 4.90 Å². The van der Waals surface area contributed by atoms with Crippen molar-refractivity contribution in [3.8, 4) is 11.1 Å². The van der Waals surface area contributed by atoms with Gasteiger partial charge in [0, 0.05) is 16.3 Å². The van der Waals surface area contributed by atoms with E-state index in [1.165, 1.54) is 0 Å². The van der Waals surface area contributed by atoms with Crippen LogP contribution in [0.25, 0.3) is 55.3 Å². The highest BCUT2D eigenvalue weighted by Gasteiger charge is 2.22. The van der Waals surface area contributed by atoms with Crippen LogP contribution < -0.4 is 4.90 Å². The molecule has 184 valence electrons. The lowest BCUT2D eigenvalue weighted by Crippen LogP contribution is -2.14. The van der Waals surface area contributed by atoms with Crippen molar-refractivity contribution >= 4 is 61.5 Å². The molecule has 0 fully saturated rings. The number of hydrogen-bond donors (Lipinski definition) is 0. The number of nitrogens with zero attached hydrogens (tertiary/aromatic N) is 3. The van der Waals surface area contributed by atoms with E-state index in [0.29, 0.717) is 0 Å². The molecule has 39 heavy (non-hydrogen) atoms. The SMILES string of the molecule is c1ccc(-c2ccccc2N(c2ccc3oc4ccccc4c3n2)c2ccc3oc4ccccc4c3n2)cc1. The van der Waals surface area contributed by atoms with E-state index in [4.69, 9.17) is 18.8 Å². The first-order valence-corrected chi connectivity index (χ1v) is 12.8. The Morgan fingerprint density at radius 3 is 1.56 bits per heavy atom. The van der Waals surface area contributed by atoms with E-state index < -0.39 is 0 Å². The smallest absolute Gasteiger partial charge is 0.154 e. The van der Waals surface area contributed by atoms with Gasteiger partial charge in [-0.2, -0.15) is 0 Å². The van der Waals surface area contributed by atoms with Gasteiger partial charge in [0.15, 0.2) is 11.2 Å². The Morgan fingerprint density at radius 1 is 0.436 bits per heavy atom. The van der Waals surface area contributed by atoms with Crippen molar-refractivity contribution in [3.63, 3.8) is 0 Å². The molecule has 8 aromatic rings. The maximum Gasteiger partial charge on any atom is 0.154 e. The van der Waals surface area contributed by atoms with Crippen LogP contribution in [-0.4, -0.2) is 9.97 Å². The predicted molar refractivity (Wildman–Crippen MR) is 157 cm³/mol. The van der Waals surface area contributed by atoms with Crippen LogP contribution >= 0.6 is 0 Å². The highest BCUT2D eigenvalue weighted by atomic mass is 16.3. The highest BCUT2D eigenvalue weighted by molar-refractivity contribution is 6.05. The van der Waals surface area contributed by atoms with Crippen molar-refractivity contribution in [2.24, 2.45) is 0 Å². The van der Waals surface area contributed by atoms with E-state index in [0.717, 1.165) is 72.6 Å². The van der Waals surface area contributed by atoms with E-state index >= 15 is 0 Å². The Morgan fingerprint density at radius 2 is 0.949 bits per heavy atom. The maximum absolute atomic E-state index is 6.08. The molecule has 0 aliphatic carbocycles. The van der Waals surface area contributed by atoms with Crippen LogP contribution in [0, 0.1) is 0 Å². The number of rotatable bonds is 4. The highest BCUT2D eigenvalue weighted by Crippen LogP contribution is 2.41. The Bertz CT molecular complexity index is 2030. The number of pyridine rings is 2. The molecule has 0 saturated heterocycles. The number of hydrogen-bond acceptors (Lipinski definition) is 5. The van der Waals surface area contributed by atoms with Crippen molar-refractivity contribution in [1.29, 1.82) is 0 Å². The third-order valence-electron chi connectivity index (χ3n) is 7.10. The number of benzene rings is 4. The Balaban J connectivity index is 1.41. The van der Waals surface area contributed by atoms with Crippen LogP contribution in [-0.2, 0) is 0 Å². The Hall–Kier alpha value is -5.42. The van der Waals surface area contributed by atoms with E-state index in [-0.39, 0.29) is 0 Å². The molecule has 0 saturated carbocycles. The molecule has 5 heteroatoms. The molecule has 0 unspecified atom stereocenters. The molecule has 0 N–H and O–H groups in total. The normalized spacial score (nSPS) is 11.6. The first-order chi connectivity index (χ1) is 19.3. The molecule has 4 aromatic heterocycles. The van der Waals surface area contributed by atoms with Gasteiger partial charge in [0.1, 0.15) is 33.8 Å². The average Bonchev–Trinajstić information content (AvgIpc) is 3.56. The van der Waals surface area contributed by atoms with E-state index in [1.54, 1.807) is 0 Å². The third-order valence-corrected chi connectivity index (χ3v) is 7.10. The summed E-state index contributed by atoms with van der Waals surface area (Å²) in [6, 6.07) is 42.7. The zero-order valence-electron chi connectivity index (χ0n) is 20.8. The van der Waals surface area contributed by atoms with Crippen LogP contribution in [0.15, 0.2) is 136 Å². The molecule has 5 nitrogen and oxygen atoms in total. The molecule has 0 radical (unpaired) electrons. The summed E-state index contributed by atoms with van der Waals surface area (Å²) in [5, 5.41) is 1.96. The minimum absolute atomic E-state index is 0.747. The van der Waals surface area contributed by atoms with Crippen LogP contribution in [0.2, 0.25) is 0 Å². The first-order valence-electron chi connectivity index (χ1n) is 12.8. The summed E-state index contributed by atoms with van der Waals surface area (Å²) < 4.78 is 12.2. The fourth-order valence-corrected chi connectivity index (χ4v) is 5.31. The third kappa shape index (κ3) is 3.48. The van der Waals surface area contributed by atoms with Crippen LogP contribution in [0.5, 0.6) is 0 Å². The van der Waals surface area contributed by atoms with E-state index in [9.17, 15) is 0 Å². The largest absolute Gasteiger partial charge is 0.454 e. The lowest BCUT2D eigenvalue weighted by Gasteiger charge is -2.25. The summed E-state index contributed by atoms with van der Waals surface area (Å²) in [4.78, 5) is 12.4. The lowest BCUT2D eigenvalue weighted by molar-refractivity contribution is 0.668. The number of furan rings is 2. The topological polar surface area (TPSA) is 55.3 Å². The van der Waals surface area contributed by atoms with Crippen molar-refractivity contribution in [2.75, 3.05) is 4.90 Å². The second kappa shape index (κ2) is 8.57. The van der Waals surface area contributed by atoms with Crippen molar-refractivity contribution < 1.29 is 8.83 Å². The van der Waals surface area contributed by atoms with Gasteiger partial charge in [0.05, 0.1) is 5.69 Å². The fraction of sp³-hybridized carbons (Fsp3) is 0. The summed E-state index contributed by atoms with van der Waals surface area (Å²) in [5.41, 5.74) is 7.94. The summed E-state index contributed by atoms with van der Waals surface area (Å²) in [6.45, 7) is 0. The van der Waals surface area contributed by atoms with Gasteiger partial charge in [0.25, 0.3) is 0 Å². The minimum Gasteiger partial charge on any atom is -0.454 e. The van der Waals surface area contributed by atoms with Gasteiger partial charge >= 0.3 is 0 Å². The summed E-state index contributed by atoms with van der Waals surface area (Å²) in [6.07, 6.45) is 0. The predicted octanol–water partition coefficient (Wildman–Crippen LogP) is 9.41. The van der Waals surface area contributed by atoms with Gasteiger partial charge < -0.3 is 8.83 Å². The molecule has 0 aliphatic heterocycles. The molecule has 4 aromatic carbocycles. The molecule has 0 spiro atoms. The van der Waals surface area contributed by atoms with Crippen LogP contribution in [0.1, 0.15) is 0 Å². The number of para-hydroxylation sites is 3. The molecule has 4 heterocycles. The van der Waals surface area contributed by atoms with Crippen molar-refractivity contribution in [1.82, 2.24) is 9.97 Å². The first kappa shape index (κ1) is 21.6. The van der Waals surface area contributed by atoms with Gasteiger partial charge in [-0.05, 0) is 60.2 Å². The van der Waals surface area contributed by atoms with E-state index in [1.807, 2.05) is 84.9 Å². The second-order valence-electron chi connectivity index (χ2n) is 9.45. The Labute approximate surface area is 223 Å². The summed E-state index contributed by atoms with van der Waals surface area (Å²) >= 11 is 0. The van der Waals surface area contributed by atoms with Gasteiger partial charge in [-0.1, -0.05) is 72.8 Å². The summed E-state index contributed by atoms with van der Waals surface area (Å²) in [5.74, 6) is 1.49. The molecule has 0 amide bonds. The quantitative estimate of drug-likeness (QED) is 0.239. The molecule has 0 atom stereocenters. The van der Waals surface area contributed by atoms with Gasteiger partial charge in [-0.15, -0.1) is 0 Å². The van der Waals surface area contributed by atoms with E-state index in [2.05, 4.69) is 47.4 Å². The van der Waals surface area contributed by atoms with Crippen LogP contribution in [0.3, 0.4) is 0 Å². The van der Waals surface area contributed by atoms with Gasteiger partial charge in [-0.25, -0.2) is 9.97 Å². The lowest BCUT2D eigenvalue weighted by atomic mass is 10.0. The number of anilines is 3. The molecular weight excluding hydrogens is 482 g/mol. The zero-order valence-corrected chi connectivity index (χ0v) is 20.8. The molecular formula is C34H21N3O2. The van der Waals surface area contributed by atoms with Crippen molar-refractivity contribution in [2.45, 2.75) is 0 Å². The monoisotopic (exact) mass is 503 g/mol. The van der Waals surface area contributed by atoms with Crippen LogP contribution in [0.4, 0.5) is 17.3 Å². The average molecular weight is 504 g/mol. The Kier molecular flexibility index (Phi) is 4.76. The number of aromatic nitrogens is 2. The minimum atomic E-state index is 0.747. The standard InChI is InChI=1S/C34H21N3O2/c1-2-10-22(11-3-1)23-12-4-7-15-26(23)37(31-20-18-29-33(35-31)24-13-5-8-16-27(24)38-29)32-21-19-30-34(36-32)25-14-6-9-17-28(25)39-30/h1-21H. The number of fused-ring (bicyclic) bond motifs is 6. The second-order valence-corrected chi connectivity index (χ2v) is 9.45. The van der Waals surface area contributed by atoms with Crippen molar-refractivity contribution in [3.05, 3.63) is 127 Å². The van der Waals surface area contributed by atoms with Gasteiger partial charge in [0.2, 0.25) is 0 Å². The molecule has 0 aliphatic rings. The summed E-state index contributed by atoms with van der Waals surface area (Å²) in [7, 11) is 0. The zero-order chi connectivity index (χ0) is 25.8. The molecule has 8 rings (SSSR count).